The lowest BCUT2D eigenvalue weighted by molar-refractivity contribution is -0.903. The fraction of sp³-hybridized carbons (Fsp3) is 1.00. The standard InChI is InChI=1S/C5H13FNO/c1-7(2,5-6)3-4-8/h8H,3-5H2,1-2H3/q+1. The van der Waals surface area contributed by atoms with Gasteiger partial charge in [-0.25, -0.2) is 0 Å². The average Bonchev–Trinajstić information content (AvgIpc) is 1.67. The number of alkyl halides is 1. The van der Waals surface area contributed by atoms with E-state index in [2.05, 4.69) is 0 Å². The topological polar surface area (TPSA) is 20.2 Å². The lowest BCUT2D eigenvalue weighted by Gasteiger charge is -2.24. The first kappa shape index (κ1) is 7.85. The minimum absolute atomic E-state index is 0.0525. The van der Waals surface area contributed by atoms with E-state index in [1.54, 1.807) is 14.1 Å². The fourth-order valence-electron chi connectivity index (χ4n) is 0.330. The number of hydrogen-bond donors (Lipinski definition) is 1. The summed E-state index contributed by atoms with van der Waals surface area (Å²) in [5, 5.41) is 8.35. The Labute approximate surface area is 49.1 Å². The van der Waals surface area contributed by atoms with E-state index in [-0.39, 0.29) is 11.1 Å². The molecule has 0 spiro atoms. The second kappa shape index (κ2) is 2.99. The molecule has 8 heavy (non-hydrogen) atoms. The van der Waals surface area contributed by atoms with Crippen LogP contribution in [0.1, 0.15) is 0 Å². The van der Waals surface area contributed by atoms with Crippen LogP contribution in [0.3, 0.4) is 0 Å². The van der Waals surface area contributed by atoms with Crippen LogP contribution in [0.5, 0.6) is 0 Å². The van der Waals surface area contributed by atoms with Gasteiger partial charge in [0.15, 0.2) is 0 Å². The maximum absolute atomic E-state index is 11.8. The number of aliphatic hydroxyl groups excluding tert-OH is 1. The lowest BCUT2D eigenvalue weighted by atomic mass is 10.5. The Morgan fingerprint density at radius 2 is 2.00 bits per heavy atom. The predicted octanol–water partition coefficient (Wildman–Crippen LogP) is -0.0179. The van der Waals surface area contributed by atoms with E-state index in [0.29, 0.717) is 6.54 Å². The molecule has 0 saturated carbocycles. The highest BCUT2D eigenvalue weighted by atomic mass is 19.1. The second-order valence-electron chi connectivity index (χ2n) is 2.50. The molecule has 0 aromatic carbocycles. The van der Waals surface area contributed by atoms with Crippen molar-refractivity contribution in [2.24, 2.45) is 0 Å². The fourth-order valence-corrected chi connectivity index (χ4v) is 0.330. The first-order chi connectivity index (χ1) is 3.62. The summed E-state index contributed by atoms with van der Waals surface area (Å²) in [7, 11) is 3.46. The highest BCUT2D eigenvalue weighted by Gasteiger charge is 2.11. The van der Waals surface area contributed by atoms with Crippen molar-refractivity contribution < 1.29 is 14.0 Å². The summed E-state index contributed by atoms with van der Waals surface area (Å²) in [4.78, 5) is 0. The number of likely N-dealkylation sites (N-methyl/N-ethyl adjacent to an activating group) is 1. The molecule has 0 unspecified atom stereocenters. The summed E-state index contributed by atoms with van der Waals surface area (Å²) < 4.78 is 12.1. The molecule has 0 rings (SSSR count). The lowest BCUT2D eigenvalue weighted by Crippen LogP contribution is -2.40. The van der Waals surface area contributed by atoms with Gasteiger partial charge in [0.1, 0.15) is 6.54 Å². The van der Waals surface area contributed by atoms with Gasteiger partial charge >= 0.3 is 0 Å². The summed E-state index contributed by atoms with van der Waals surface area (Å²) in [6.07, 6.45) is 0. The molecule has 0 bridgehead atoms. The number of quaternary nitrogens is 1. The molecule has 0 atom stereocenters. The van der Waals surface area contributed by atoms with Crippen LogP contribution in [0.4, 0.5) is 4.39 Å². The molecule has 0 saturated heterocycles. The Kier molecular flexibility index (Phi) is 2.94. The molecular weight excluding hydrogens is 109 g/mol. The van der Waals surface area contributed by atoms with Gasteiger partial charge in [0.05, 0.1) is 20.7 Å². The molecule has 0 heterocycles. The molecule has 1 N–H and O–H groups in total. The van der Waals surface area contributed by atoms with Crippen molar-refractivity contribution in [1.29, 1.82) is 0 Å². The molecule has 0 fully saturated rings. The van der Waals surface area contributed by atoms with Crippen molar-refractivity contribution in [3.05, 3.63) is 0 Å². The Hall–Kier alpha value is -0.150. The van der Waals surface area contributed by atoms with E-state index in [1.807, 2.05) is 0 Å². The van der Waals surface area contributed by atoms with Crippen LogP contribution in [-0.4, -0.2) is 43.6 Å². The third kappa shape index (κ3) is 2.93. The number of aliphatic hydroxyl groups is 1. The molecule has 0 aliphatic heterocycles. The predicted molar refractivity (Wildman–Crippen MR) is 30.0 cm³/mol. The molecular formula is C5H13FNO+. The Bertz CT molecular complexity index is 65.4. The van der Waals surface area contributed by atoms with Crippen LogP contribution in [0, 0.1) is 0 Å². The van der Waals surface area contributed by atoms with Crippen molar-refractivity contribution in [2.75, 3.05) is 34.0 Å². The number of hydrogen-bond acceptors (Lipinski definition) is 1. The summed E-state index contributed by atoms with van der Waals surface area (Å²) >= 11 is 0. The zero-order chi connectivity index (χ0) is 6.62. The SMILES string of the molecule is C[N+](C)(CF)CCO. The molecule has 0 aromatic heterocycles. The smallest absolute Gasteiger partial charge is 0.221 e. The largest absolute Gasteiger partial charge is 0.391 e. The summed E-state index contributed by atoms with van der Waals surface area (Å²) in [5.41, 5.74) is 0. The summed E-state index contributed by atoms with van der Waals surface area (Å²) in [6.45, 7) is 0.119. The van der Waals surface area contributed by atoms with E-state index in [9.17, 15) is 4.39 Å². The Morgan fingerprint density at radius 3 is 2.12 bits per heavy atom. The zero-order valence-electron chi connectivity index (χ0n) is 5.39. The first-order valence-corrected chi connectivity index (χ1v) is 2.61. The van der Waals surface area contributed by atoms with Crippen molar-refractivity contribution in [3.63, 3.8) is 0 Å². The van der Waals surface area contributed by atoms with Crippen LogP contribution in [-0.2, 0) is 0 Å². The van der Waals surface area contributed by atoms with Gasteiger partial charge in [0, 0.05) is 0 Å². The zero-order valence-corrected chi connectivity index (χ0v) is 5.39. The van der Waals surface area contributed by atoms with Crippen molar-refractivity contribution >= 4 is 0 Å². The van der Waals surface area contributed by atoms with Crippen LogP contribution in [0.15, 0.2) is 0 Å². The van der Waals surface area contributed by atoms with Crippen LogP contribution < -0.4 is 0 Å². The van der Waals surface area contributed by atoms with Gasteiger partial charge in [0.25, 0.3) is 0 Å². The average molecular weight is 122 g/mol. The van der Waals surface area contributed by atoms with Gasteiger partial charge in [-0.1, -0.05) is 0 Å². The molecule has 0 aliphatic carbocycles. The molecule has 0 aromatic rings. The first-order valence-electron chi connectivity index (χ1n) is 2.61. The number of nitrogens with zero attached hydrogens (tertiary/aromatic N) is 1. The van der Waals surface area contributed by atoms with Crippen molar-refractivity contribution in [1.82, 2.24) is 0 Å². The highest BCUT2D eigenvalue weighted by Crippen LogP contribution is 1.93. The van der Waals surface area contributed by atoms with E-state index >= 15 is 0 Å². The van der Waals surface area contributed by atoms with Crippen molar-refractivity contribution in [2.45, 2.75) is 0 Å². The van der Waals surface area contributed by atoms with E-state index in [1.165, 1.54) is 0 Å². The normalized spacial score (nSPS) is 12.0. The Morgan fingerprint density at radius 1 is 1.50 bits per heavy atom. The minimum Gasteiger partial charge on any atom is -0.391 e. The van der Waals surface area contributed by atoms with E-state index < -0.39 is 6.80 Å². The number of rotatable bonds is 3. The van der Waals surface area contributed by atoms with Gasteiger partial charge in [-0.15, -0.1) is 0 Å². The van der Waals surface area contributed by atoms with Crippen LogP contribution in [0.2, 0.25) is 0 Å². The Balaban J connectivity index is 3.37. The maximum atomic E-state index is 11.8. The van der Waals surface area contributed by atoms with E-state index in [4.69, 9.17) is 5.11 Å². The van der Waals surface area contributed by atoms with Gasteiger partial charge in [0.2, 0.25) is 6.80 Å². The molecule has 0 aliphatic rings. The van der Waals surface area contributed by atoms with Gasteiger partial charge in [-0.2, -0.15) is 4.39 Å². The van der Waals surface area contributed by atoms with Gasteiger partial charge in [-0.05, 0) is 0 Å². The summed E-state index contributed by atoms with van der Waals surface area (Å²) in [5.74, 6) is 0. The van der Waals surface area contributed by atoms with E-state index in [0.717, 1.165) is 0 Å². The van der Waals surface area contributed by atoms with Crippen LogP contribution >= 0.6 is 0 Å². The minimum atomic E-state index is -0.416. The van der Waals surface area contributed by atoms with Gasteiger partial charge < -0.3 is 9.59 Å². The molecule has 2 nitrogen and oxygen atoms in total. The number of halogens is 1. The third-order valence-electron chi connectivity index (χ3n) is 1.03. The second-order valence-corrected chi connectivity index (χ2v) is 2.50. The molecule has 0 radical (unpaired) electrons. The molecule has 3 heteroatoms. The molecule has 50 valence electrons. The third-order valence-corrected chi connectivity index (χ3v) is 1.03. The van der Waals surface area contributed by atoms with Crippen molar-refractivity contribution in [3.8, 4) is 0 Å². The summed E-state index contributed by atoms with van der Waals surface area (Å²) in [6, 6.07) is 0. The quantitative estimate of drug-likeness (QED) is 0.412. The monoisotopic (exact) mass is 122 g/mol. The van der Waals surface area contributed by atoms with Crippen LogP contribution in [0.25, 0.3) is 0 Å². The molecule has 0 amide bonds. The maximum Gasteiger partial charge on any atom is 0.221 e. The highest BCUT2D eigenvalue weighted by molar-refractivity contribution is 4.21. The van der Waals surface area contributed by atoms with Gasteiger partial charge in [-0.3, -0.25) is 0 Å².